The van der Waals surface area contributed by atoms with Gasteiger partial charge in [0.15, 0.2) is 0 Å². The standard InChI is InChI=1S/C12H16NO3/c1-13(7-9-15-10-8-13)16-12(14)11-5-3-2-4-6-11/h2-6H,7-10H2,1H3/q+1. The molecule has 0 unspecified atom stereocenters. The minimum Gasteiger partial charge on any atom is -0.369 e. The Morgan fingerprint density at radius 1 is 1.25 bits per heavy atom. The van der Waals surface area contributed by atoms with Crippen molar-refractivity contribution in [2.24, 2.45) is 0 Å². The van der Waals surface area contributed by atoms with E-state index in [0.717, 1.165) is 0 Å². The second kappa shape index (κ2) is 4.63. The molecule has 0 spiro atoms. The summed E-state index contributed by atoms with van der Waals surface area (Å²) >= 11 is 0. The molecule has 2 rings (SSSR count). The topological polar surface area (TPSA) is 35.5 Å². The van der Waals surface area contributed by atoms with Crippen molar-refractivity contribution in [3.63, 3.8) is 0 Å². The number of hydrogen-bond acceptors (Lipinski definition) is 3. The SMILES string of the molecule is C[N+]1(OC(=O)c2ccccc2)CCOCC1. The van der Waals surface area contributed by atoms with Crippen molar-refractivity contribution in [3.05, 3.63) is 35.9 Å². The van der Waals surface area contributed by atoms with Gasteiger partial charge in [-0.3, -0.25) is 4.84 Å². The van der Waals surface area contributed by atoms with Crippen molar-refractivity contribution in [2.75, 3.05) is 33.4 Å². The van der Waals surface area contributed by atoms with E-state index in [-0.39, 0.29) is 5.97 Å². The van der Waals surface area contributed by atoms with Crippen LogP contribution in [0.1, 0.15) is 10.4 Å². The summed E-state index contributed by atoms with van der Waals surface area (Å²) in [5.41, 5.74) is 0.591. The quantitative estimate of drug-likeness (QED) is 0.706. The Labute approximate surface area is 94.9 Å². The fraction of sp³-hybridized carbons (Fsp3) is 0.417. The van der Waals surface area contributed by atoms with Crippen molar-refractivity contribution < 1.29 is 19.0 Å². The second-order valence-electron chi connectivity index (χ2n) is 4.10. The molecule has 86 valence electrons. The van der Waals surface area contributed by atoms with E-state index in [1.54, 1.807) is 12.1 Å². The first kappa shape index (κ1) is 11.1. The summed E-state index contributed by atoms with van der Waals surface area (Å²) in [5.74, 6) is -0.273. The first-order valence-corrected chi connectivity index (χ1v) is 5.41. The maximum Gasteiger partial charge on any atom is 0.397 e. The van der Waals surface area contributed by atoms with E-state index in [1.807, 2.05) is 25.2 Å². The highest BCUT2D eigenvalue weighted by molar-refractivity contribution is 5.88. The lowest BCUT2D eigenvalue weighted by Gasteiger charge is -2.33. The molecule has 0 N–H and O–H groups in total. The van der Waals surface area contributed by atoms with E-state index >= 15 is 0 Å². The maximum absolute atomic E-state index is 11.8. The third kappa shape index (κ3) is 2.59. The van der Waals surface area contributed by atoms with Crippen LogP contribution < -0.4 is 0 Å². The van der Waals surface area contributed by atoms with Crippen molar-refractivity contribution in [1.82, 2.24) is 0 Å². The minimum atomic E-state index is -0.273. The summed E-state index contributed by atoms with van der Waals surface area (Å²) in [7, 11) is 1.91. The van der Waals surface area contributed by atoms with Gasteiger partial charge in [-0.25, -0.2) is 4.79 Å². The molecular formula is C12H16NO3+. The molecule has 1 heterocycles. The molecule has 0 aliphatic carbocycles. The van der Waals surface area contributed by atoms with E-state index in [9.17, 15) is 4.79 Å². The molecule has 4 heteroatoms. The smallest absolute Gasteiger partial charge is 0.369 e. The Kier molecular flexibility index (Phi) is 3.22. The lowest BCUT2D eigenvalue weighted by Crippen LogP contribution is -2.52. The third-order valence-corrected chi connectivity index (χ3v) is 2.73. The Balaban J connectivity index is 2.01. The van der Waals surface area contributed by atoms with Crippen molar-refractivity contribution in [2.45, 2.75) is 0 Å². The highest BCUT2D eigenvalue weighted by Crippen LogP contribution is 2.12. The zero-order valence-electron chi connectivity index (χ0n) is 9.39. The fourth-order valence-electron chi connectivity index (χ4n) is 1.65. The molecule has 0 saturated carbocycles. The molecule has 1 saturated heterocycles. The summed E-state index contributed by atoms with van der Waals surface area (Å²) in [5, 5.41) is 0. The van der Waals surface area contributed by atoms with Gasteiger partial charge < -0.3 is 4.74 Å². The van der Waals surface area contributed by atoms with Crippen LogP contribution in [0.25, 0.3) is 0 Å². The average molecular weight is 222 g/mol. The normalized spacial score (nSPS) is 19.1. The number of ether oxygens (including phenoxy) is 1. The largest absolute Gasteiger partial charge is 0.397 e. The van der Waals surface area contributed by atoms with Gasteiger partial charge in [-0.2, -0.15) is 0 Å². The lowest BCUT2D eigenvalue weighted by molar-refractivity contribution is -1.08. The molecule has 1 aliphatic rings. The summed E-state index contributed by atoms with van der Waals surface area (Å²) in [4.78, 5) is 17.3. The number of morpholine rings is 1. The Morgan fingerprint density at radius 2 is 1.88 bits per heavy atom. The first-order chi connectivity index (χ1) is 7.70. The number of hydrogen-bond donors (Lipinski definition) is 0. The highest BCUT2D eigenvalue weighted by atomic mass is 16.7. The van der Waals surface area contributed by atoms with Crippen molar-refractivity contribution in [3.8, 4) is 0 Å². The van der Waals surface area contributed by atoms with Gasteiger partial charge in [-0.15, -0.1) is 4.65 Å². The van der Waals surface area contributed by atoms with Crippen LogP contribution in [0.3, 0.4) is 0 Å². The van der Waals surface area contributed by atoms with Crippen LogP contribution in [0.15, 0.2) is 30.3 Å². The number of likely N-dealkylation sites (N-methyl/N-ethyl adjacent to an activating group) is 1. The third-order valence-electron chi connectivity index (χ3n) is 2.73. The van der Waals surface area contributed by atoms with Gasteiger partial charge in [0.25, 0.3) is 0 Å². The maximum atomic E-state index is 11.8. The van der Waals surface area contributed by atoms with Crippen molar-refractivity contribution >= 4 is 5.97 Å². The minimum absolute atomic E-state index is 0.273. The van der Waals surface area contributed by atoms with Gasteiger partial charge in [0.1, 0.15) is 20.1 Å². The molecule has 0 amide bonds. The monoisotopic (exact) mass is 222 g/mol. The summed E-state index contributed by atoms with van der Waals surface area (Å²) in [6, 6.07) is 9.05. The van der Waals surface area contributed by atoms with Gasteiger partial charge in [0, 0.05) is 0 Å². The van der Waals surface area contributed by atoms with Crippen LogP contribution in [-0.2, 0) is 9.57 Å². The fourth-order valence-corrected chi connectivity index (χ4v) is 1.65. The number of rotatable bonds is 2. The van der Waals surface area contributed by atoms with Crippen molar-refractivity contribution in [1.29, 1.82) is 0 Å². The molecule has 1 aromatic rings. The summed E-state index contributed by atoms with van der Waals surface area (Å²) in [6.07, 6.45) is 0. The van der Waals surface area contributed by atoms with Crippen LogP contribution in [0.4, 0.5) is 0 Å². The average Bonchev–Trinajstić information content (AvgIpc) is 2.30. The number of hydroxylamine groups is 3. The molecule has 4 nitrogen and oxygen atoms in total. The number of carbonyl (C=O) groups excluding carboxylic acids is 1. The first-order valence-electron chi connectivity index (χ1n) is 5.41. The molecule has 1 fully saturated rings. The molecular weight excluding hydrogens is 206 g/mol. The predicted octanol–water partition coefficient (Wildman–Crippen LogP) is 1.24. The highest BCUT2D eigenvalue weighted by Gasteiger charge is 2.31. The number of benzene rings is 1. The molecule has 1 aliphatic heterocycles. The van der Waals surface area contributed by atoms with Crippen LogP contribution in [0.2, 0.25) is 0 Å². The van der Waals surface area contributed by atoms with Crippen LogP contribution in [0, 0.1) is 0 Å². The van der Waals surface area contributed by atoms with Gasteiger partial charge in [-0.1, -0.05) is 18.2 Å². The van der Waals surface area contributed by atoms with Crippen LogP contribution in [0.5, 0.6) is 0 Å². The molecule has 0 atom stereocenters. The van der Waals surface area contributed by atoms with Gasteiger partial charge >= 0.3 is 5.97 Å². The van der Waals surface area contributed by atoms with Gasteiger partial charge in [0.2, 0.25) is 0 Å². The van der Waals surface area contributed by atoms with E-state index in [1.165, 1.54) is 0 Å². The van der Waals surface area contributed by atoms with Gasteiger partial charge in [0.05, 0.1) is 18.8 Å². The van der Waals surface area contributed by atoms with Crippen LogP contribution >= 0.6 is 0 Å². The lowest BCUT2D eigenvalue weighted by atomic mass is 10.2. The zero-order chi connectivity index (χ0) is 11.4. The summed E-state index contributed by atoms with van der Waals surface area (Å²) < 4.78 is 5.54. The number of nitrogens with zero attached hydrogens (tertiary/aromatic N) is 1. The Bertz CT molecular complexity index is 358. The molecule has 0 aromatic heterocycles. The number of quaternary nitrogens is 1. The molecule has 16 heavy (non-hydrogen) atoms. The second-order valence-corrected chi connectivity index (χ2v) is 4.10. The van der Waals surface area contributed by atoms with E-state index in [0.29, 0.717) is 36.5 Å². The number of carbonyl (C=O) groups is 1. The molecule has 0 radical (unpaired) electrons. The summed E-state index contributed by atoms with van der Waals surface area (Å²) in [6.45, 7) is 2.69. The van der Waals surface area contributed by atoms with E-state index in [2.05, 4.69) is 0 Å². The van der Waals surface area contributed by atoms with Gasteiger partial charge in [-0.05, 0) is 12.1 Å². The Morgan fingerprint density at radius 3 is 2.50 bits per heavy atom. The Hall–Kier alpha value is -1.39. The zero-order valence-corrected chi connectivity index (χ0v) is 9.39. The molecule has 1 aromatic carbocycles. The van der Waals surface area contributed by atoms with E-state index in [4.69, 9.17) is 9.57 Å². The van der Waals surface area contributed by atoms with Crippen LogP contribution in [-0.4, -0.2) is 44.0 Å². The molecule has 0 bridgehead atoms. The van der Waals surface area contributed by atoms with E-state index < -0.39 is 0 Å². The predicted molar refractivity (Wildman–Crippen MR) is 58.6 cm³/mol.